The normalized spacial score (nSPS) is 11.7. The third-order valence-electron chi connectivity index (χ3n) is 1.80. The van der Waals surface area contributed by atoms with Crippen molar-refractivity contribution in [1.29, 1.82) is 0 Å². The molecule has 0 radical (unpaired) electrons. The van der Waals surface area contributed by atoms with E-state index in [0.717, 1.165) is 4.47 Å². The van der Waals surface area contributed by atoms with Crippen molar-refractivity contribution in [2.45, 2.75) is 13.0 Å². The minimum absolute atomic E-state index is 0. The molecular weight excluding hydrogens is 269 g/mol. The fraction of sp³-hybridized carbons (Fsp3) is 0.333. The van der Waals surface area contributed by atoms with Crippen LogP contribution in [0.25, 0.3) is 0 Å². The van der Waals surface area contributed by atoms with E-state index in [0.29, 0.717) is 11.3 Å². The minimum Gasteiger partial charge on any atom is -0.504 e. The van der Waals surface area contributed by atoms with Crippen LogP contribution >= 0.6 is 28.3 Å². The molecule has 0 aliphatic carbocycles. The molecule has 0 aliphatic heterocycles. The highest BCUT2D eigenvalue weighted by Crippen LogP contribution is 2.37. The van der Waals surface area contributed by atoms with Gasteiger partial charge in [0, 0.05) is 16.1 Å². The van der Waals surface area contributed by atoms with Crippen molar-refractivity contribution < 1.29 is 9.84 Å². The first kappa shape index (κ1) is 13.5. The van der Waals surface area contributed by atoms with E-state index in [1.165, 1.54) is 7.11 Å². The van der Waals surface area contributed by atoms with Crippen molar-refractivity contribution in [1.82, 2.24) is 0 Å². The average Bonchev–Trinajstić information content (AvgIpc) is 2.04. The quantitative estimate of drug-likeness (QED) is 0.876. The molecule has 3 nitrogen and oxygen atoms in total. The Bertz CT molecular complexity index is 318. The summed E-state index contributed by atoms with van der Waals surface area (Å²) in [5.41, 5.74) is 6.36. The summed E-state index contributed by atoms with van der Waals surface area (Å²) in [6.07, 6.45) is 0. The number of aromatic hydroxyl groups is 1. The van der Waals surface area contributed by atoms with Gasteiger partial charge in [0.15, 0.2) is 11.5 Å². The molecule has 0 aromatic heterocycles. The van der Waals surface area contributed by atoms with Crippen molar-refractivity contribution in [2.24, 2.45) is 5.73 Å². The van der Waals surface area contributed by atoms with Gasteiger partial charge in [-0.1, -0.05) is 15.9 Å². The van der Waals surface area contributed by atoms with Gasteiger partial charge in [-0.2, -0.15) is 0 Å². The Morgan fingerprint density at radius 1 is 1.50 bits per heavy atom. The van der Waals surface area contributed by atoms with Crippen LogP contribution in [0, 0.1) is 0 Å². The molecular formula is C9H13BrClNO2. The number of hydrogen-bond donors (Lipinski definition) is 2. The number of benzene rings is 1. The fourth-order valence-electron chi connectivity index (χ4n) is 1.16. The standard InChI is InChI=1S/C9H12BrNO2.ClH/c1-5(11)8-6(10)3-4-7(13-2)9(8)12;/h3-5,12H,11H2,1-2H3;1H/t5-;/m1./s1. The lowest BCUT2D eigenvalue weighted by Crippen LogP contribution is -2.06. The number of phenolic OH excluding ortho intramolecular Hbond substituents is 1. The van der Waals surface area contributed by atoms with Gasteiger partial charge in [0.1, 0.15) is 0 Å². The van der Waals surface area contributed by atoms with Gasteiger partial charge in [-0.15, -0.1) is 12.4 Å². The van der Waals surface area contributed by atoms with Crippen LogP contribution < -0.4 is 10.5 Å². The number of halogens is 2. The van der Waals surface area contributed by atoms with Crippen molar-refractivity contribution in [3.63, 3.8) is 0 Å². The van der Waals surface area contributed by atoms with Crippen LogP contribution in [0.3, 0.4) is 0 Å². The fourth-order valence-corrected chi connectivity index (χ4v) is 1.84. The summed E-state index contributed by atoms with van der Waals surface area (Å²) in [5.74, 6) is 0.544. The predicted octanol–water partition coefficient (Wildman–Crippen LogP) is 2.60. The van der Waals surface area contributed by atoms with Crippen molar-refractivity contribution >= 4 is 28.3 Å². The number of rotatable bonds is 2. The summed E-state index contributed by atoms with van der Waals surface area (Å²) in [6.45, 7) is 1.80. The monoisotopic (exact) mass is 281 g/mol. The molecule has 80 valence electrons. The van der Waals surface area contributed by atoms with Crippen molar-refractivity contribution in [2.75, 3.05) is 7.11 Å². The third kappa shape index (κ3) is 2.53. The Morgan fingerprint density at radius 3 is 2.50 bits per heavy atom. The van der Waals surface area contributed by atoms with Gasteiger partial charge >= 0.3 is 0 Å². The summed E-state index contributed by atoms with van der Waals surface area (Å²) in [7, 11) is 1.51. The Labute approximate surface area is 97.8 Å². The average molecular weight is 283 g/mol. The molecule has 0 saturated carbocycles. The molecule has 1 atom stereocenters. The molecule has 14 heavy (non-hydrogen) atoms. The smallest absolute Gasteiger partial charge is 0.163 e. The lowest BCUT2D eigenvalue weighted by atomic mass is 10.1. The zero-order chi connectivity index (χ0) is 10.0. The van der Waals surface area contributed by atoms with E-state index in [4.69, 9.17) is 10.5 Å². The van der Waals surface area contributed by atoms with E-state index in [-0.39, 0.29) is 24.2 Å². The number of methoxy groups -OCH3 is 1. The van der Waals surface area contributed by atoms with Gasteiger partial charge < -0.3 is 15.6 Å². The molecule has 0 saturated heterocycles. The number of ether oxygens (including phenoxy) is 1. The maximum Gasteiger partial charge on any atom is 0.163 e. The summed E-state index contributed by atoms with van der Waals surface area (Å²) >= 11 is 3.32. The molecule has 1 aromatic rings. The maximum atomic E-state index is 9.71. The summed E-state index contributed by atoms with van der Waals surface area (Å²) in [6, 6.07) is 3.26. The van der Waals surface area contributed by atoms with Crippen molar-refractivity contribution in [3.05, 3.63) is 22.2 Å². The molecule has 0 aliphatic rings. The first-order valence-corrected chi connectivity index (χ1v) is 4.68. The molecule has 1 rings (SSSR count). The summed E-state index contributed by atoms with van der Waals surface area (Å²) in [4.78, 5) is 0. The molecule has 5 heteroatoms. The van der Waals surface area contributed by atoms with Gasteiger partial charge in [0.25, 0.3) is 0 Å². The predicted molar refractivity (Wildman–Crippen MR) is 62.2 cm³/mol. The highest BCUT2D eigenvalue weighted by atomic mass is 79.9. The highest BCUT2D eigenvalue weighted by molar-refractivity contribution is 9.10. The number of nitrogens with two attached hydrogens (primary N) is 1. The lowest BCUT2D eigenvalue weighted by molar-refractivity contribution is 0.369. The summed E-state index contributed by atoms with van der Waals surface area (Å²) in [5, 5.41) is 9.71. The van der Waals surface area contributed by atoms with E-state index in [1.54, 1.807) is 19.1 Å². The van der Waals surface area contributed by atoms with Gasteiger partial charge in [-0.25, -0.2) is 0 Å². The van der Waals surface area contributed by atoms with Crippen LogP contribution in [0.1, 0.15) is 18.5 Å². The van der Waals surface area contributed by atoms with E-state index >= 15 is 0 Å². The zero-order valence-electron chi connectivity index (χ0n) is 7.95. The van der Waals surface area contributed by atoms with Gasteiger partial charge in [-0.05, 0) is 19.1 Å². The maximum absolute atomic E-state index is 9.71. The van der Waals surface area contributed by atoms with Crippen LogP contribution in [0.15, 0.2) is 16.6 Å². The van der Waals surface area contributed by atoms with Crippen LogP contribution in [0.5, 0.6) is 11.5 Å². The molecule has 0 unspecified atom stereocenters. The zero-order valence-corrected chi connectivity index (χ0v) is 10.4. The lowest BCUT2D eigenvalue weighted by Gasteiger charge is -2.13. The number of phenols is 1. The molecule has 1 aromatic carbocycles. The van der Waals surface area contributed by atoms with Gasteiger partial charge in [0.2, 0.25) is 0 Å². The molecule has 0 spiro atoms. The van der Waals surface area contributed by atoms with E-state index in [9.17, 15) is 5.11 Å². The molecule has 3 N–H and O–H groups in total. The van der Waals surface area contributed by atoms with E-state index in [1.807, 2.05) is 0 Å². The van der Waals surface area contributed by atoms with Gasteiger partial charge in [-0.3, -0.25) is 0 Å². The topological polar surface area (TPSA) is 55.5 Å². The summed E-state index contributed by atoms with van der Waals surface area (Å²) < 4.78 is 5.76. The molecule has 0 heterocycles. The second-order valence-corrected chi connectivity index (χ2v) is 3.65. The van der Waals surface area contributed by atoms with Crippen LogP contribution in [0.4, 0.5) is 0 Å². The second kappa shape index (κ2) is 5.44. The Hall–Kier alpha value is -0.450. The minimum atomic E-state index is -0.232. The van der Waals surface area contributed by atoms with Crippen LogP contribution in [0.2, 0.25) is 0 Å². The first-order valence-electron chi connectivity index (χ1n) is 3.89. The van der Waals surface area contributed by atoms with E-state index in [2.05, 4.69) is 15.9 Å². The molecule has 0 fully saturated rings. The largest absolute Gasteiger partial charge is 0.504 e. The molecule has 0 amide bonds. The Balaban J connectivity index is 0.00000169. The Kier molecular flexibility index (Phi) is 5.26. The first-order chi connectivity index (χ1) is 6.07. The number of hydrogen-bond acceptors (Lipinski definition) is 3. The van der Waals surface area contributed by atoms with Crippen LogP contribution in [-0.4, -0.2) is 12.2 Å². The van der Waals surface area contributed by atoms with E-state index < -0.39 is 0 Å². The molecule has 0 bridgehead atoms. The third-order valence-corrected chi connectivity index (χ3v) is 2.49. The Morgan fingerprint density at radius 2 is 2.07 bits per heavy atom. The van der Waals surface area contributed by atoms with Gasteiger partial charge in [0.05, 0.1) is 7.11 Å². The second-order valence-electron chi connectivity index (χ2n) is 2.80. The van der Waals surface area contributed by atoms with Crippen LogP contribution in [-0.2, 0) is 0 Å². The van der Waals surface area contributed by atoms with Crippen molar-refractivity contribution in [3.8, 4) is 11.5 Å². The highest BCUT2D eigenvalue weighted by Gasteiger charge is 2.14. The SMILES string of the molecule is COc1ccc(Br)c([C@@H](C)N)c1O.Cl.